The summed E-state index contributed by atoms with van der Waals surface area (Å²) in [5, 5.41) is 13.8. The topological polar surface area (TPSA) is 38.1 Å². The van der Waals surface area contributed by atoms with Gasteiger partial charge in [-0.05, 0) is 30.5 Å². The van der Waals surface area contributed by atoms with Crippen LogP contribution in [0.1, 0.15) is 35.6 Å². The highest BCUT2D eigenvalue weighted by Gasteiger charge is 2.29. The number of hydrogen-bond donors (Lipinski definition) is 1. The number of aromatic nitrogens is 2. The summed E-state index contributed by atoms with van der Waals surface area (Å²) < 4.78 is 3.12. The SMILES string of the molecule is OCc1cnn(Cc2ccc(Br)cc2)c1C1CC1. The number of aliphatic hydroxyl groups excluding tert-OH is 1. The van der Waals surface area contributed by atoms with E-state index in [-0.39, 0.29) is 6.61 Å². The summed E-state index contributed by atoms with van der Waals surface area (Å²) in [6.45, 7) is 0.866. The maximum absolute atomic E-state index is 9.35. The van der Waals surface area contributed by atoms with Crippen LogP contribution in [0.5, 0.6) is 0 Å². The number of hydrogen-bond acceptors (Lipinski definition) is 2. The molecule has 2 aromatic rings. The summed E-state index contributed by atoms with van der Waals surface area (Å²) in [5.41, 5.74) is 3.43. The number of halogens is 1. The molecule has 94 valence electrons. The average molecular weight is 307 g/mol. The highest BCUT2D eigenvalue weighted by atomic mass is 79.9. The predicted octanol–water partition coefficient (Wildman–Crippen LogP) is 3.06. The molecule has 1 saturated carbocycles. The van der Waals surface area contributed by atoms with Gasteiger partial charge in [-0.3, -0.25) is 4.68 Å². The van der Waals surface area contributed by atoms with Crippen LogP contribution in [0.2, 0.25) is 0 Å². The van der Waals surface area contributed by atoms with Gasteiger partial charge in [0.1, 0.15) is 0 Å². The lowest BCUT2D eigenvalue weighted by molar-refractivity contribution is 0.280. The third kappa shape index (κ3) is 2.35. The van der Waals surface area contributed by atoms with E-state index in [4.69, 9.17) is 0 Å². The monoisotopic (exact) mass is 306 g/mol. The van der Waals surface area contributed by atoms with E-state index in [1.165, 1.54) is 24.1 Å². The fourth-order valence-corrected chi connectivity index (χ4v) is 2.54. The average Bonchev–Trinajstić information content (AvgIpc) is 3.14. The molecule has 1 N–H and O–H groups in total. The first-order valence-electron chi connectivity index (χ1n) is 6.18. The lowest BCUT2D eigenvalue weighted by Gasteiger charge is -2.08. The fraction of sp³-hybridized carbons (Fsp3) is 0.357. The maximum Gasteiger partial charge on any atom is 0.0715 e. The summed E-state index contributed by atoms with van der Waals surface area (Å²) in [6.07, 6.45) is 4.24. The minimum absolute atomic E-state index is 0.0895. The molecule has 1 aromatic heterocycles. The van der Waals surface area contributed by atoms with Crippen LogP contribution in [0.15, 0.2) is 34.9 Å². The Bertz CT molecular complexity index is 543. The molecule has 0 atom stereocenters. The Kier molecular flexibility index (Phi) is 3.22. The van der Waals surface area contributed by atoms with Crippen LogP contribution < -0.4 is 0 Å². The number of benzene rings is 1. The van der Waals surface area contributed by atoms with Crippen molar-refractivity contribution in [2.45, 2.75) is 31.9 Å². The molecule has 1 aromatic carbocycles. The van der Waals surface area contributed by atoms with Crippen molar-refractivity contribution in [2.24, 2.45) is 0 Å². The van der Waals surface area contributed by atoms with Crippen LogP contribution >= 0.6 is 15.9 Å². The molecule has 0 unspecified atom stereocenters. The van der Waals surface area contributed by atoms with E-state index >= 15 is 0 Å². The molecule has 1 aliphatic rings. The first-order chi connectivity index (χ1) is 8.78. The number of rotatable bonds is 4. The van der Waals surface area contributed by atoms with E-state index in [0.717, 1.165) is 16.6 Å². The fourth-order valence-electron chi connectivity index (χ4n) is 2.27. The van der Waals surface area contributed by atoms with Crippen LogP contribution in [-0.2, 0) is 13.2 Å². The third-order valence-corrected chi connectivity index (χ3v) is 3.87. The van der Waals surface area contributed by atoms with E-state index < -0.39 is 0 Å². The number of nitrogens with zero attached hydrogens (tertiary/aromatic N) is 2. The molecule has 1 heterocycles. The second kappa shape index (κ2) is 4.86. The molecule has 0 amide bonds. The van der Waals surface area contributed by atoms with Gasteiger partial charge in [-0.2, -0.15) is 5.10 Å². The van der Waals surface area contributed by atoms with Crippen LogP contribution in [-0.4, -0.2) is 14.9 Å². The lowest BCUT2D eigenvalue weighted by atomic mass is 10.1. The summed E-state index contributed by atoms with van der Waals surface area (Å²) in [5.74, 6) is 0.602. The zero-order chi connectivity index (χ0) is 12.5. The van der Waals surface area contributed by atoms with Gasteiger partial charge >= 0.3 is 0 Å². The molecule has 0 aliphatic heterocycles. The highest BCUT2D eigenvalue weighted by molar-refractivity contribution is 9.10. The van der Waals surface area contributed by atoms with Gasteiger partial charge in [0.15, 0.2) is 0 Å². The summed E-state index contributed by atoms with van der Waals surface area (Å²) in [4.78, 5) is 0. The maximum atomic E-state index is 9.35. The molecule has 0 radical (unpaired) electrons. The minimum atomic E-state index is 0.0895. The van der Waals surface area contributed by atoms with Crippen LogP contribution in [0.4, 0.5) is 0 Å². The summed E-state index contributed by atoms with van der Waals surface area (Å²) in [6, 6.07) is 8.29. The van der Waals surface area contributed by atoms with E-state index in [1.807, 2.05) is 16.8 Å². The molecule has 3 nitrogen and oxygen atoms in total. The molecular formula is C14H15BrN2O. The Morgan fingerprint density at radius 3 is 2.61 bits per heavy atom. The van der Waals surface area contributed by atoms with Gasteiger partial charge in [0, 0.05) is 21.6 Å². The summed E-state index contributed by atoms with van der Waals surface area (Å²) >= 11 is 3.44. The lowest BCUT2D eigenvalue weighted by Crippen LogP contribution is -2.06. The Balaban J connectivity index is 1.88. The van der Waals surface area contributed by atoms with Gasteiger partial charge in [0.2, 0.25) is 0 Å². The molecule has 18 heavy (non-hydrogen) atoms. The quantitative estimate of drug-likeness (QED) is 0.943. The van der Waals surface area contributed by atoms with Crippen molar-refractivity contribution >= 4 is 15.9 Å². The first kappa shape index (κ1) is 11.9. The van der Waals surface area contributed by atoms with E-state index in [9.17, 15) is 5.11 Å². The van der Waals surface area contributed by atoms with E-state index in [0.29, 0.717) is 5.92 Å². The van der Waals surface area contributed by atoms with Crippen molar-refractivity contribution in [1.29, 1.82) is 0 Å². The molecular weight excluding hydrogens is 292 g/mol. The second-order valence-electron chi connectivity index (χ2n) is 4.77. The van der Waals surface area contributed by atoms with Gasteiger partial charge in [-0.15, -0.1) is 0 Å². The van der Waals surface area contributed by atoms with E-state index in [2.05, 4.69) is 33.2 Å². The summed E-state index contributed by atoms with van der Waals surface area (Å²) in [7, 11) is 0. The Morgan fingerprint density at radius 2 is 2.00 bits per heavy atom. The van der Waals surface area contributed by atoms with Crippen molar-refractivity contribution < 1.29 is 5.11 Å². The van der Waals surface area contributed by atoms with Crippen molar-refractivity contribution in [1.82, 2.24) is 9.78 Å². The highest BCUT2D eigenvalue weighted by Crippen LogP contribution is 2.41. The van der Waals surface area contributed by atoms with Gasteiger partial charge in [0.05, 0.1) is 19.3 Å². The molecule has 0 bridgehead atoms. The van der Waals surface area contributed by atoms with Gasteiger partial charge in [-0.1, -0.05) is 28.1 Å². The molecule has 0 saturated heterocycles. The van der Waals surface area contributed by atoms with Crippen LogP contribution in [0.25, 0.3) is 0 Å². The molecule has 1 aliphatic carbocycles. The zero-order valence-corrected chi connectivity index (χ0v) is 11.6. The van der Waals surface area contributed by atoms with Crippen molar-refractivity contribution in [3.05, 3.63) is 51.8 Å². The Morgan fingerprint density at radius 1 is 1.28 bits per heavy atom. The Labute approximate surface area is 115 Å². The third-order valence-electron chi connectivity index (χ3n) is 3.34. The van der Waals surface area contributed by atoms with Crippen LogP contribution in [0, 0.1) is 0 Å². The van der Waals surface area contributed by atoms with Crippen LogP contribution in [0.3, 0.4) is 0 Å². The van der Waals surface area contributed by atoms with E-state index in [1.54, 1.807) is 6.20 Å². The second-order valence-corrected chi connectivity index (χ2v) is 5.69. The molecule has 4 heteroatoms. The van der Waals surface area contributed by atoms with Crippen molar-refractivity contribution in [3.63, 3.8) is 0 Å². The minimum Gasteiger partial charge on any atom is -0.392 e. The normalized spacial score (nSPS) is 15.0. The van der Waals surface area contributed by atoms with Gasteiger partial charge in [-0.25, -0.2) is 0 Å². The zero-order valence-electron chi connectivity index (χ0n) is 10.0. The smallest absolute Gasteiger partial charge is 0.0715 e. The molecule has 1 fully saturated rings. The molecule has 0 spiro atoms. The number of aliphatic hydroxyl groups is 1. The van der Waals surface area contributed by atoms with Crippen molar-refractivity contribution in [3.8, 4) is 0 Å². The molecule has 3 rings (SSSR count). The Hall–Kier alpha value is -1.13. The predicted molar refractivity (Wildman–Crippen MR) is 73.4 cm³/mol. The first-order valence-corrected chi connectivity index (χ1v) is 6.97. The van der Waals surface area contributed by atoms with Crippen molar-refractivity contribution in [2.75, 3.05) is 0 Å². The largest absolute Gasteiger partial charge is 0.392 e. The standard InChI is InChI=1S/C14H15BrN2O/c15-13-5-1-10(2-6-13)8-17-14(11-3-4-11)12(9-18)7-16-17/h1-2,5-7,11,18H,3-4,8-9H2. The van der Waals surface area contributed by atoms with Gasteiger partial charge in [0.25, 0.3) is 0 Å². The van der Waals surface area contributed by atoms with Gasteiger partial charge < -0.3 is 5.11 Å².